The Balaban J connectivity index is 2.33. The quantitative estimate of drug-likeness (QED) is 0.691. The summed E-state index contributed by atoms with van der Waals surface area (Å²) in [5.41, 5.74) is 1.82. The Bertz CT molecular complexity index is 844. The van der Waals surface area contributed by atoms with Crippen LogP contribution in [0.1, 0.15) is 0 Å². The normalized spacial score (nSPS) is 11.7. The smallest absolute Gasteiger partial charge is 0.307 e. The molecule has 3 rings (SSSR count). The summed E-state index contributed by atoms with van der Waals surface area (Å²) in [7, 11) is -0.776. The molecule has 0 saturated carbocycles. The summed E-state index contributed by atoms with van der Waals surface area (Å²) in [5, 5.41) is 0.661. The Morgan fingerprint density at radius 2 is 1.50 bits per heavy atom. The SMILES string of the molecule is COP(=O)(OC)c1nc(-c2ccccc2)nc2ccccc12. The highest BCUT2D eigenvalue weighted by atomic mass is 31.2. The molecule has 0 bridgehead atoms. The molecular weight excluding hydrogens is 299 g/mol. The number of hydrogen-bond acceptors (Lipinski definition) is 5. The van der Waals surface area contributed by atoms with E-state index in [2.05, 4.69) is 9.97 Å². The van der Waals surface area contributed by atoms with Crippen molar-refractivity contribution in [3.8, 4) is 11.4 Å². The van der Waals surface area contributed by atoms with E-state index in [-0.39, 0.29) is 5.44 Å². The lowest BCUT2D eigenvalue weighted by Crippen LogP contribution is -2.15. The lowest BCUT2D eigenvalue weighted by molar-refractivity contribution is 0.287. The maximum atomic E-state index is 12.8. The minimum Gasteiger partial charge on any atom is -0.307 e. The van der Waals surface area contributed by atoms with Gasteiger partial charge < -0.3 is 9.05 Å². The van der Waals surface area contributed by atoms with E-state index in [0.29, 0.717) is 16.7 Å². The molecule has 0 radical (unpaired) electrons. The summed E-state index contributed by atoms with van der Waals surface area (Å²) in [6.07, 6.45) is 0. The molecule has 112 valence electrons. The van der Waals surface area contributed by atoms with Gasteiger partial charge in [0.2, 0.25) is 0 Å². The van der Waals surface area contributed by atoms with E-state index in [1.807, 2.05) is 54.6 Å². The van der Waals surface area contributed by atoms with Gasteiger partial charge in [-0.05, 0) is 6.07 Å². The second kappa shape index (κ2) is 5.97. The highest BCUT2D eigenvalue weighted by Gasteiger charge is 2.30. The second-order valence-corrected chi connectivity index (χ2v) is 6.77. The van der Waals surface area contributed by atoms with Gasteiger partial charge in [0.05, 0.1) is 5.52 Å². The molecule has 0 N–H and O–H groups in total. The van der Waals surface area contributed by atoms with Crippen LogP contribution in [-0.2, 0) is 13.6 Å². The van der Waals surface area contributed by atoms with Crippen LogP contribution in [0.15, 0.2) is 54.6 Å². The van der Waals surface area contributed by atoms with Gasteiger partial charge in [-0.2, -0.15) is 0 Å². The van der Waals surface area contributed by atoms with Crippen molar-refractivity contribution >= 4 is 23.9 Å². The van der Waals surface area contributed by atoms with Crippen LogP contribution in [0, 0.1) is 0 Å². The maximum Gasteiger partial charge on any atom is 0.379 e. The fourth-order valence-corrected chi connectivity index (χ4v) is 3.43. The number of benzene rings is 2. The van der Waals surface area contributed by atoms with E-state index in [1.54, 1.807) is 0 Å². The first kappa shape index (κ1) is 14.9. The monoisotopic (exact) mass is 314 g/mol. The van der Waals surface area contributed by atoms with E-state index in [9.17, 15) is 4.57 Å². The number of para-hydroxylation sites is 1. The van der Waals surface area contributed by atoms with Gasteiger partial charge in [0.15, 0.2) is 11.3 Å². The average molecular weight is 314 g/mol. The third-order valence-electron chi connectivity index (χ3n) is 3.36. The fourth-order valence-electron chi connectivity index (χ4n) is 2.23. The van der Waals surface area contributed by atoms with Crippen LogP contribution in [0.2, 0.25) is 0 Å². The van der Waals surface area contributed by atoms with Gasteiger partial charge in [-0.1, -0.05) is 48.5 Å². The molecule has 0 unspecified atom stereocenters. The van der Waals surface area contributed by atoms with Crippen LogP contribution in [0.4, 0.5) is 0 Å². The summed E-state index contributed by atoms with van der Waals surface area (Å²) < 4.78 is 23.0. The van der Waals surface area contributed by atoms with Crippen LogP contribution in [0.5, 0.6) is 0 Å². The third-order valence-corrected chi connectivity index (χ3v) is 5.18. The Labute approximate surface area is 128 Å². The second-order valence-electron chi connectivity index (χ2n) is 4.62. The Morgan fingerprint density at radius 3 is 2.18 bits per heavy atom. The minimum atomic E-state index is -3.48. The molecule has 0 aliphatic carbocycles. The topological polar surface area (TPSA) is 61.3 Å². The summed E-state index contributed by atoms with van der Waals surface area (Å²) in [6.45, 7) is 0. The van der Waals surface area contributed by atoms with Gasteiger partial charge >= 0.3 is 7.60 Å². The summed E-state index contributed by atoms with van der Waals surface area (Å²) >= 11 is 0. The fraction of sp³-hybridized carbons (Fsp3) is 0.125. The number of nitrogens with zero attached hydrogens (tertiary/aromatic N) is 2. The molecule has 1 aromatic heterocycles. The predicted octanol–water partition coefficient (Wildman–Crippen LogP) is 3.41. The van der Waals surface area contributed by atoms with Gasteiger partial charge in [-0.15, -0.1) is 0 Å². The summed E-state index contributed by atoms with van der Waals surface area (Å²) in [6, 6.07) is 16.9. The van der Waals surface area contributed by atoms with E-state index >= 15 is 0 Å². The number of rotatable bonds is 4. The molecule has 0 fully saturated rings. The summed E-state index contributed by atoms with van der Waals surface area (Å²) in [4.78, 5) is 9.01. The van der Waals surface area contributed by atoms with Crippen molar-refractivity contribution in [2.45, 2.75) is 0 Å². The first-order chi connectivity index (χ1) is 10.7. The van der Waals surface area contributed by atoms with Crippen molar-refractivity contribution in [2.75, 3.05) is 14.2 Å². The molecule has 22 heavy (non-hydrogen) atoms. The maximum absolute atomic E-state index is 12.8. The highest BCUT2D eigenvalue weighted by Crippen LogP contribution is 2.46. The molecule has 0 atom stereocenters. The molecule has 0 aliphatic heterocycles. The van der Waals surface area contributed by atoms with Crippen molar-refractivity contribution in [3.05, 3.63) is 54.6 Å². The number of hydrogen-bond donors (Lipinski definition) is 0. The lowest BCUT2D eigenvalue weighted by atomic mass is 10.2. The van der Waals surface area contributed by atoms with Gasteiger partial charge in [-0.25, -0.2) is 9.97 Å². The van der Waals surface area contributed by atoms with Crippen LogP contribution >= 0.6 is 7.60 Å². The van der Waals surface area contributed by atoms with Gasteiger partial charge in [0.25, 0.3) is 0 Å². The van der Waals surface area contributed by atoms with Crippen molar-refractivity contribution < 1.29 is 13.6 Å². The zero-order valence-electron chi connectivity index (χ0n) is 12.3. The van der Waals surface area contributed by atoms with Crippen molar-refractivity contribution in [2.24, 2.45) is 0 Å². The lowest BCUT2D eigenvalue weighted by Gasteiger charge is -2.15. The Hall–Kier alpha value is -2.07. The number of aromatic nitrogens is 2. The molecule has 6 heteroatoms. The molecule has 1 heterocycles. The van der Waals surface area contributed by atoms with Crippen LogP contribution in [0.3, 0.4) is 0 Å². The Kier molecular flexibility index (Phi) is 4.03. The molecule has 2 aromatic carbocycles. The molecule has 0 spiro atoms. The first-order valence-corrected chi connectivity index (χ1v) is 8.26. The highest BCUT2D eigenvalue weighted by molar-refractivity contribution is 7.62. The predicted molar refractivity (Wildman–Crippen MR) is 86.2 cm³/mol. The van der Waals surface area contributed by atoms with Crippen LogP contribution < -0.4 is 5.44 Å². The zero-order chi connectivity index (χ0) is 15.6. The molecule has 3 aromatic rings. The van der Waals surface area contributed by atoms with Crippen LogP contribution in [-0.4, -0.2) is 24.2 Å². The largest absolute Gasteiger partial charge is 0.379 e. The van der Waals surface area contributed by atoms with Crippen molar-refractivity contribution in [1.82, 2.24) is 9.97 Å². The van der Waals surface area contributed by atoms with Gasteiger partial charge in [0, 0.05) is 25.2 Å². The van der Waals surface area contributed by atoms with E-state index in [1.165, 1.54) is 14.2 Å². The van der Waals surface area contributed by atoms with Crippen LogP contribution in [0.25, 0.3) is 22.3 Å². The minimum absolute atomic E-state index is 0.280. The van der Waals surface area contributed by atoms with Crippen molar-refractivity contribution in [3.63, 3.8) is 0 Å². The van der Waals surface area contributed by atoms with Gasteiger partial charge in [-0.3, -0.25) is 4.57 Å². The van der Waals surface area contributed by atoms with Gasteiger partial charge in [0.1, 0.15) is 0 Å². The van der Waals surface area contributed by atoms with E-state index in [4.69, 9.17) is 9.05 Å². The number of fused-ring (bicyclic) bond motifs is 1. The zero-order valence-corrected chi connectivity index (χ0v) is 13.2. The van der Waals surface area contributed by atoms with E-state index in [0.717, 1.165) is 5.56 Å². The standard InChI is InChI=1S/C16H15N2O3P/c1-20-22(19,21-2)16-13-10-6-7-11-14(13)17-15(18-16)12-8-4-3-5-9-12/h3-11H,1-2H3. The molecule has 0 amide bonds. The molecule has 0 saturated heterocycles. The Morgan fingerprint density at radius 1 is 0.864 bits per heavy atom. The third kappa shape index (κ3) is 2.55. The molecule has 0 aliphatic rings. The first-order valence-electron chi connectivity index (χ1n) is 6.72. The molecular formula is C16H15N2O3P. The van der Waals surface area contributed by atoms with E-state index < -0.39 is 7.60 Å². The molecule has 5 nitrogen and oxygen atoms in total. The average Bonchev–Trinajstić information content (AvgIpc) is 2.61. The summed E-state index contributed by atoms with van der Waals surface area (Å²) in [5.74, 6) is 0.489. The van der Waals surface area contributed by atoms with Crippen molar-refractivity contribution in [1.29, 1.82) is 0 Å².